The molecule has 1 aromatic carbocycles. The molecule has 1 saturated heterocycles. The maximum Gasteiger partial charge on any atom is 0.194 e. The van der Waals surface area contributed by atoms with E-state index in [2.05, 4.69) is 13.0 Å². The molecule has 2 aromatic rings. The fourth-order valence-electron chi connectivity index (χ4n) is 3.85. The molecule has 2 aliphatic rings. The van der Waals surface area contributed by atoms with Crippen LogP contribution in [0, 0.1) is 5.92 Å². The summed E-state index contributed by atoms with van der Waals surface area (Å²) in [5, 5.41) is 1.59. The predicted octanol–water partition coefficient (Wildman–Crippen LogP) is 5.71. The summed E-state index contributed by atoms with van der Waals surface area (Å²) in [5.74, 6) is 1.16. The average Bonchev–Trinajstić information content (AvgIpc) is 3.30. The first-order valence-corrected chi connectivity index (χ1v) is 11.2. The average molecular weight is 430 g/mol. The summed E-state index contributed by atoms with van der Waals surface area (Å²) in [4.78, 5) is 19.3. The van der Waals surface area contributed by atoms with Crippen molar-refractivity contribution in [2.45, 2.75) is 32.6 Å². The van der Waals surface area contributed by atoms with Crippen molar-refractivity contribution in [2.75, 3.05) is 20.3 Å². The van der Waals surface area contributed by atoms with Crippen LogP contribution in [0.25, 0.3) is 16.1 Å². The van der Waals surface area contributed by atoms with E-state index in [0.717, 1.165) is 65.0 Å². The molecule has 29 heavy (non-hydrogen) atoms. The minimum absolute atomic E-state index is 0.0518. The van der Waals surface area contributed by atoms with Gasteiger partial charge in [-0.25, -0.2) is 4.98 Å². The van der Waals surface area contributed by atoms with Gasteiger partial charge in [0.05, 0.1) is 18.4 Å². The highest BCUT2D eigenvalue weighted by atomic mass is 35.5. The lowest BCUT2D eigenvalue weighted by Crippen LogP contribution is -2.15. The monoisotopic (exact) mass is 429 g/mol. The summed E-state index contributed by atoms with van der Waals surface area (Å²) in [6, 6.07) is 7.64. The second-order valence-electron chi connectivity index (χ2n) is 7.30. The first-order valence-electron chi connectivity index (χ1n) is 9.97. The van der Waals surface area contributed by atoms with Gasteiger partial charge in [-0.05, 0) is 37.3 Å². The quantitative estimate of drug-likeness (QED) is 0.571. The largest absolute Gasteiger partial charge is 0.500 e. The number of carbonyl (C=O) groups excluding carboxylic acids is 1. The van der Waals surface area contributed by atoms with Crippen molar-refractivity contribution in [3.8, 4) is 10.6 Å². The predicted molar refractivity (Wildman–Crippen MR) is 117 cm³/mol. The molecule has 0 atom stereocenters. The summed E-state index contributed by atoms with van der Waals surface area (Å²) in [6.07, 6.45) is 5.42. The number of carbonyl (C=O) groups is 1. The van der Waals surface area contributed by atoms with Crippen LogP contribution in [0.1, 0.15) is 36.8 Å². The van der Waals surface area contributed by atoms with Gasteiger partial charge in [-0.2, -0.15) is 0 Å². The zero-order valence-electron chi connectivity index (χ0n) is 16.7. The van der Waals surface area contributed by atoms with E-state index in [9.17, 15) is 4.79 Å². The van der Waals surface area contributed by atoms with Crippen molar-refractivity contribution in [2.24, 2.45) is 5.92 Å². The van der Waals surface area contributed by atoms with Gasteiger partial charge in [0.1, 0.15) is 10.8 Å². The Bertz CT molecular complexity index is 969. The van der Waals surface area contributed by atoms with E-state index in [0.29, 0.717) is 22.9 Å². The Kier molecular flexibility index (Phi) is 6.18. The molecule has 1 fully saturated rings. The number of aryl methyl sites for hydroxylation is 1. The van der Waals surface area contributed by atoms with E-state index in [1.165, 1.54) is 0 Å². The number of thiazole rings is 1. The second-order valence-corrected chi connectivity index (χ2v) is 8.82. The van der Waals surface area contributed by atoms with E-state index in [4.69, 9.17) is 26.1 Å². The van der Waals surface area contributed by atoms with Crippen molar-refractivity contribution >= 4 is 34.3 Å². The number of aromatic nitrogens is 1. The molecule has 4 rings (SSSR count). The van der Waals surface area contributed by atoms with Crippen LogP contribution in [-0.2, 0) is 20.7 Å². The SMILES string of the molecule is CCc1sc(-c2ccc(Cl)cc2)nc1C1=C(OC)CC(=CC2CCOCC2)C1=O. The molecule has 0 unspecified atom stereocenters. The van der Waals surface area contributed by atoms with Crippen LogP contribution >= 0.6 is 22.9 Å². The van der Waals surface area contributed by atoms with Gasteiger partial charge in [-0.3, -0.25) is 4.79 Å². The van der Waals surface area contributed by atoms with Crippen molar-refractivity contribution in [3.05, 3.63) is 57.3 Å². The Morgan fingerprint density at radius 1 is 1.28 bits per heavy atom. The Balaban J connectivity index is 1.69. The number of hydrogen-bond donors (Lipinski definition) is 0. The molecule has 1 aliphatic heterocycles. The number of Topliss-reactive ketones (excluding diaryl/α,β-unsaturated/α-hetero) is 1. The summed E-state index contributed by atoms with van der Waals surface area (Å²) in [6.45, 7) is 3.61. The van der Waals surface area contributed by atoms with Crippen LogP contribution in [0.4, 0.5) is 0 Å². The first kappa shape index (κ1) is 20.3. The van der Waals surface area contributed by atoms with Crippen LogP contribution in [-0.4, -0.2) is 31.1 Å². The van der Waals surface area contributed by atoms with Gasteiger partial charge in [0.15, 0.2) is 5.78 Å². The topological polar surface area (TPSA) is 48.4 Å². The Morgan fingerprint density at radius 2 is 2.00 bits per heavy atom. The molecule has 0 saturated carbocycles. The number of ether oxygens (including phenoxy) is 2. The van der Waals surface area contributed by atoms with Gasteiger partial charge in [0.25, 0.3) is 0 Å². The number of benzene rings is 1. The summed E-state index contributed by atoms with van der Waals surface area (Å²) >= 11 is 7.64. The zero-order valence-corrected chi connectivity index (χ0v) is 18.2. The van der Waals surface area contributed by atoms with Crippen LogP contribution in [0.3, 0.4) is 0 Å². The first-order chi connectivity index (χ1) is 14.1. The van der Waals surface area contributed by atoms with Crippen LogP contribution in [0.15, 0.2) is 41.7 Å². The normalized spacial score (nSPS) is 19.4. The summed E-state index contributed by atoms with van der Waals surface area (Å²) in [7, 11) is 1.64. The molecule has 0 N–H and O–H groups in total. The number of rotatable bonds is 5. The van der Waals surface area contributed by atoms with E-state index < -0.39 is 0 Å². The molecule has 0 bridgehead atoms. The lowest BCUT2D eigenvalue weighted by atomic mass is 9.95. The third kappa shape index (κ3) is 4.18. The lowest BCUT2D eigenvalue weighted by molar-refractivity contribution is -0.110. The van der Waals surface area contributed by atoms with Crippen LogP contribution in [0.5, 0.6) is 0 Å². The van der Waals surface area contributed by atoms with Gasteiger partial charge in [-0.1, -0.05) is 36.7 Å². The van der Waals surface area contributed by atoms with Gasteiger partial charge in [0.2, 0.25) is 0 Å². The number of ketones is 1. The maximum absolute atomic E-state index is 13.3. The molecule has 0 amide bonds. The molecule has 1 aromatic heterocycles. The van der Waals surface area contributed by atoms with Crippen molar-refractivity contribution in [1.29, 1.82) is 0 Å². The number of methoxy groups -OCH3 is 1. The number of hydrogen-bond acceptors (Lipinski definition) is 5. The molecular weight excluding hydrogens is 406 g/mol. The molecule has 0 radical (unpaired) electrons. The van der Waals surface area contributed by atoms with Crippen molar-refractivity contribution < 1.29 is 14.3 Å². The van der Waals surface area contributed by atoms with E-state index in [1.807, 2.05) is 24.3 Å². The summed E-state index contributed by atoms with van der Waals surface area (Å²) in [5.41, 5.74) is 3.22. The Hall–Kier alpha value is -1.95. The minimum atomic E-state index is 0.0518. The Labute approximate surface area is 180 Å². The zero-order chi connectivity index (χ0) is 20.4. The number of halogens is 1. The third-order valence-corrected chi connectivity index (χ3v) is 6.94. The van der Waals surface area contributed by atoms with Gasteiger partial charge >= 0.3 is 0 Å². The highest BCUT2D eigenvalue weighted by molar-refractivity contribution is 7.15. The molecular formula is C23H24ClNO3S. The number of nitrogens with zero attached hydrogens (tertiary/aromatic N) is 1. The maximum atomic E-state index is 13.3. The van der Waals surface area contributed by atoms with E-state index >= 15 is 0 Å². The van der Waals surface area contributed by atoms with Crippen LogP contribution < -0.4 is 0 Å². The minimum Gasteiger partial charge on any atom is -0.500 e. The lowest BCUT2D eigenvalue weighted by Gasteiger charge is -2.19. The Morgan fingerprint density at radius 3 is 2.66 bits per heavy atom. The molecule has 152 valence electrons. The van der Waals surface area contributed by atoms with Crippen molar-refractivity contribution in [3.63, 3.8) is 0 Å². The number of allylic oxidation sites excluding steroid dienone is 3. The third-order valence-electron chi connectivity index (χ3n) is 5.44. The molecule has 4 nitrogen and oxygen atoms in total. The molecule has 2 heterocycles. The van der Waals surface area contributed by atoms with E-state index in [-0.39, 0.29) is 5.78 Å². The highest BCUT2D eigenvalue weighted by Crippen LogP contribution is 2.40. The smallest absolute Gasteiger partial charge is 0.194 e. The fourth-order valence-corrected chi connectivity index (χ4v) is 4.99. The van der Waals surface area contributed by atoms with Crippen LogP contribution in [0.2, 0.25) is 5.02 Å². The van der Waals surface area contributed by atoms with E-state index in [1.54, 1.807) is 18.4 Å². The van der Waals surface area contributed by atoms with Gasteiger partial charge in [-0.15, -0.1) is 11.3 Å². The fraction of sp³-hybridized carbons (Fsp3) is 0.391. The summed E-state index contributed by atoms with van der Waals surface area (Å²) < 4.78 is 11.1. The van der Waals surface area contributed by atoms with Gasteiger partial charge < -0.3 is 9.47 Å². The standard InChI is InChI=1S/C23H24ClNO3S/c1-3-19-21(25-23(29-19)15-4-6-17(24)7-5-15)20-18(27-2)13-16(22(20)26)12-14-8-10-28-11-9-14/h4-7,12,14H,3,8-11,13H2,1-2H3. The highest BCUT2D eigenvalue weighted by Gasteiger charge is 2.34. The molecule has 6 heteroatoms. The second kappa shape index (κ2) is 8.82. The van der Waals surface area contributed by atoms with Gasteiger partial charge in [0, 0.05) is 40.7 Å². The molecule has 0 spiro atoms. The molecule has 1 aliphatic carbocycles. The van der Waals surface area contributed by atoms with Crippen molar-refractivity contribution in [1.82, 2.24) is 4.98 Å².